The van der Waals surface area contributed by atoms with Crippen LogP contribution >= 0.6 is 11.6 Å². The lowest BCUT2D eigenvalue weighted by Crippen LogP contribution is -2.52. The minimum atomic E-state index is -2.16. The summed E-state index contributed by atoms with van der Waals surface area (Å²) in [6.07, 6.45) is 0.424. The molecule has 0 bridgehead atoms. The molecule has 1 aromatic carbocycles. The average Bonchev–Trinajstić information content (AvgIpc) is 2.81. The molecule has 7 nitrogen and oxygen atoms in total. The Morgan fingerprint density at radius 1 is 1.40 bits per heavy atom. The van der Waals surface area contributed by atoms with Crippen LogP contribution in [0.5, 0.6) is 0 Å². The highest BCUT2D eigenvalue weighted by Gasteiger charge is 2.50. The van der Waals surface area contributed by atoms with Gasteiger partial charge in [-0.2, -0.15) is 0 Å². The number of benzene rings is 1. The van der Waals surface area contributed by atoms with E-state index in [2.05, 4.69) is 5.32 Å². The number of primary amides is 1. The molecule has 9 heteroatoms. The molecule has 4 N–H and O–H groups in total. The number of carbonyl (C=O) groups is 3. The SMILES string of the molecule is NC(=O)CCCN1CCC(O)(C(=O)NCc2cc(F)cc(Cl)c2)C1=O. The first-order valence-corrected chi connectivity index (χ1v) is 8.13. The van der Waals surface area contributed by atoms with Gasteiger partial charge in [-0.15, -0.1) is 0 Å². The number of nitrogens with zero attached hydrogens (tertiary/aromatic N) is 1. The van der Waals surface area contributed by atoms with Crippen molar-refractivity contribution >= 4 is 29.3 Å². The fourth-order valence-electron chi connectivity index (χ4n) is 2.68. The number of rotatable bonds is 7. The Morgan fingerprint density at radius 2 is 2.12 bits per heavy atom. The first kappa shape index (κ1) is 19.1. The van der Waals surface area contributed by atoms with Gasteiger partial charge in [0, 0.05) is 37.5 Å². The highest BCUT2D eigenvalue weighted by molar-refractivity contribution is 6.30. The van der Waals surface area contributed by atoms with E-state index in [1.807, 2.05) is 0 Å². The molecule has 1 aromatic rings. The molecule has 1 aliphatic heterocycles. The van der Waals surface area contributed by atoms with Crippen LogP contribution < -0.4 is 11.1 Å². The molecule has 1 unspecified atom stereocenters. The Bertz CT molecular complexity index is 680. The normalized spacial score (nSPS) is 20.0. The van der Waals surface area contributed by atoms with Gasteiger partial charge in [0.05, 0.1) is 0 Å². The first-order chi connectivity index (χ1) is 11.7. The molecule has 25 heavy (non-hydrogen) atoms. The second-order valence-corrected chi connectivity index (χ2v) is 6.37. The van der Waals surface area contributed by atoms with Crippen LogP contribution in [0.3, 0.4) is 0 Å². The predicted octanol–water partition coefficient (Wildman–Crippen LogP) is 0.324. The third-order valence-corrected chi connectivity index (χ3v) is 4.21. The number of carbonyl (C=O) groups excluding carboxylic acids is 3. The summed E-state index contributed by atoms with van der Waals surface area (Å²) in [5.41, 5.74) is 3.28. The summed E-state index contributed by atoms with van der Waals surface area (Å²) in [6, 6.07) is 3.80. The van der Waals surface area contributed by atoms with Crippen molar-refractivity contribution in [3.05, 3.63) is 34.6 Å². The topological polar surface area (TPSA) is 113 Å². The molecule has 1 aliphatic rings. The summed E-state index contributed by atoms with van der Waals surface area (Å²) in [7, 11) is 0. The second kappa shape index (κ2) is 7.79. The molecule has 0 radical (unpaired) electrons. The van der Waals surface area contributed by atoms with Crippen LogP contribution in [0.2, 0.25) is 5.02 Å². The molecular formula is C16H19ClFN3O4. The Kier molecular flexibility index (Phi) is 5.97. The van der Waals surface area contributed by atoms with E-state index in [1.54, 1.807) is 0 Å². The van der Waals surface area contributed by atoms with Gasteiger partial charge in [-0.05, 0) is 30.2 Å². The van der Waals surface area contributed by atoms with Gasteiger partial charge in [0.2, 0.25) is 11.5 Å². The van der Waals surface area contributed by atoms with Crippen LogP contribution in [0.15, 0.2) is 18.2 Å². The minimum Gasteiger partial charge on any atom is -0.372 e. The largest absolute Gasteiger partial charge is 0.372 e. The number of nitrogens with one attached hydrogen (secondary N) is 1. The highest BCUT2D eigenvalue weighted by Crippen LogP contribution is 2.24. The zero-order chi connectivity index (χ0) is 18.6. The number of hydrogen-bond acceptors (Lipinski definition) is 4. The van der Waals surface area contributed by atoms with Gasteiger partial charge in [-0.1, -0.05) is 11.6 Å². The smallest absolute Gasteiger partial charge is 0.264 e. The molecule has 2 rings (SSSR count). The molecule has 1 atom stereocenters. The Labute approximate surface area is 148 Å². The summed E-state index contributed by atoms with van der Waals surface area (Å²) >= 11 is 5.74. The van der Waals surface area contributed by atoms with Gasteiger partial charge in [0.25, 0.3) is 11.8 Å². The lowest BCUT2D eigenvalue weighted by Gasteiger charge is -2.21. The lowest BCUT2D eigenvalue weighted by atomic mass is 10.0. The lowest BCUT2D eigenvalue weighted by molar-refractivity contribution is -0.154. The summed E-state index contributed by atoms with van der Waals surface area (Å²) in [5, 5.41) is 13.0. The third kappa shape index (κ3) is 4.67. The van der Waals surface area contributed by atoms with Gasteiger partial charge in [0.15, 0.2) is 0 Å². The summed E-state index contributed by atoms with van der Waals surface area (Å²) < 4.78 is 13.3. The number of halogens is 2. The number of amides is 3. The van der Waals surface area contributed by atoms with Crippen molar-refractivity contribution in [2.75, 3.05) is 13.1 Å². The second-order valence-electron chi connectivity index (χ2n) is 5.93. The van der Waals surface area contributed by atoms with Crippen molar-refractivity contribution in [1.82, 2.24) is 10.2 Å². The van der Waals surface area contributed by atoms with E-state index in [1.165, 1.54) is 17.0 Å². The van der Waals surface area contributed by atoms with Gasteiger partial charge < -0.3 is 21.1 Å². The monoisotopic (exact) mass is 371 g/mol. The van der Waals surface area contributed by atoms with E-state index >= 15 is 0 Å². The van der Waals surface area contributed by atoms with Crippen molar-refractivity contribution in [1.29, 1.82) is 0 Å². The molecule has 136 valence electrons. The Hall–Kier alpha value is -2.19. The van der Waals surface area contributed by atoms with Gasteiger partial charge in [0.1, 0.15) is 5.82 Å². The maximum Gasteiger partial charge on any atom is 0.264 e. The van der Waals surface area contributed by atoms with Gasteiger partial charge in [-0.3, -0.25) is 14.4 Å². The van der Waals surface area contributed by atoms with Crippen molar-refractivity contribution in [3.63, 3.8) is 0 Å². The van der Waals surface area contributed by atoms with Crippen LogP contribution in [0.25, 0.3) is 0 Å². The molecule has 0 aliphatic carbocycles. The Morgan fingerprint density at radius 3 is 2.76 bits per heavy atom. The minimum absolute atomic E-state index is 0.0574. The number of aliphatic hydroxyl groups is 1. The molecule has 1 heterocycles. The van der Waals surface area contributed by atoms with Crippen LogP contribution in [0.1, 0.15) is 24.8 Å². The number of hydrogen-bond donors (Lipinski definition) is 3. The molecule has 0 saturated carbocycles. The van der Waals surface area contributed by atoms with Crippen molar-refractivity contribution in [3.8, 4) is 0 Å². The summed E-state index contributed by atoms with van der Waals surface area (Å²) in [6.45, 7) is 0.359. The van der Waals surface area contributed by atoms with Crippen LogP contribution in [-0.2, 0) is 20.9 Å². The summed E-state index contributed by atoms with van der Waals surface area (Å²) in [5.74, 6) is -2.59. The van der Waals surface area contributed by atoms with Crippen molar-refractivity contribution in [2.45, 2.75) is 31.4 Å². The number of likely N-dealkylation sites (tertiary alicyclic amines) is 1. The zero-order valence-corrected chi connectivity index (χ0v) is 14.2. The molecule has 3 amide bonds. The van der Waals surface area contributed by atoms with Crippen LogP contribution in [-0.4, -0.2) is 46.4 Å². The Balaban J connectivity index is 1.94. The standard InChI is InChI=1S/C16H19ClFN3O4/c17-11-6-10(7-12(18)8-11)9-20-14(23)16(25)3-5-21(15(16)24)4-1-2-13(19)22/h6-8,25H,1-5,9H2,(H2,19,22)(H,20,23). The maximum atomic E-state index is 13.3. The van der Waals surface area contributed by atoms with E-state index < -0.39 is 29.1 Å². The number of nitrogens with two attached hydrogens (primary N) is 1. The van der Waals surface area contributed by atoms with Gasteiger partial charge >= 0.3 is 0 Å². The fraction of sp³-hybridized carbons (Fsp3) is 0.438. The molecular weight excluding hydrogens is 353 g/mol. The van der Waals surface area contributed by atoms with E-state index in [0.717, 1.165) is 6.07 Å². The van der Waals surface area contributed by atoms with Crippen LogP contribution in [0, 0.1) is 5.82 Å². The third-order valence-electron chi connectivity index (χ3n) is 3.99. The quantitative estimate of drug-likeness (QED) is 0.599. The molecule has 0 spiro atoms. The fourth-order valence-corrected chi connectivity index (χ4v) is 2.92. The highest BCUT2D eigenvalue weighted by atomic mass is 35.5. The predicted molar refractivity (Wildman–Crippen MR) is 87.8 cm³/mol. The van der Waals surface area contributed by atoms with E-state index in [4.69, 9.17) is 17.3 Å². The van der Waals surface area contributed by atoms with E-state index in [-0.39, 0.29) is 37.5 Å². The maximum absolute atomic E-state index is 13.3. The van der Waals surface area contributed by atoms with Crippen LogP contribution in [0.4, 0.5) is 4.39 Å². The van der Waals surface area contributed by atoms with Crippen molar-refractivity contribution in [2.24, 2.45) is 5.73 Å². The van der Waals surface area contributed by atoms with E-state index in [9.17, 15) is 23.9 Å². The van der Waals surface area contributed by atoms with Crippen molar-refractivity contribution < 1.29 is 23.9 Å². The first-order valence-electron chi connectivity index (χ1n) is 7.75. The van der Waals surface area contributed by atoms with Gasteiger partial charge in [-0.25, -0.2) is 4.39 Å². The zero-order valence-electron chi connectivity index (χ0n) is 13.4. The molecule has 1 saturated heterocycles. The molecule has 1 fully saturated rings. The summed E-state index contributed by atoms with van der Waals surface area (Å²) in [4.78, 5) is 36.6. The van der Waals surface area contributed by atoms with E-state index in [0.29, 0.717) is 12.0 Å². The average molecular weight is 372 g/mol. The molecule has 0 aromatic heterocycles.